The molecule has 0 aliphatic heterocycles. The van der Waals surface area contributed by atoms with Gasteiger partial charge >= 0.3 is 5.97 Å². The van der Waals surface area contributed by atoms with Crippen molar-refractivity contribution in [3.05, 3.63) is 16.6 Å². The van der Waals surface area contributed by atoms with Crippen LogP contribution in [0.15, 0.2) is 10.9 Å². The zero-order valence-electron chi connectivity index (χ0n) is 9.06. The molecule has 1 N–H and O–H groups in total. The molecule has 1 heterocycles. The number of nitrogens with zero attached hydrogens (tertiary/aromatic N) is 1. The summed E-state index contributed by atoms with van der Waals surface area (Å²) in [7, 11) is 0. The van der Waals surface area contributed by atoms with E-state index in [9.17, 15) is 9.59 Å². The molecular weight excluding hydrogens is 228 g/mol. The minimum absolute atomic E-state index is 0.217. The quantitative estimate of drug-likeness (QED) is 0.590. The van der Waals surface area contributed by atoms with Gasteiger partial charge in [-0.25, -0.2) is 4.98 Å². The first-order chi connectivity index (χ1) is 7.72. The van der Waals surface area contributed by atoms with Gasteiger partial charge in [-0.15, -0.1) is 11.3 Å². The lowest BCUT2D eigenvalue weighted by molar-refractivity contribution is -0.145. The number of aromatic nitrogens is 1. The molecule has 1 aromatic rings. The summed E-state index contributed by atoms with van der Waals surface area (Å²) < 4.78 is 4.65. The SMILES string of the molecule is CCOC(=O)CC(=O)NCCc1cscn1. The first kappa shape index (κ1) is 12.6. The van der Waals surface area contributed by atoms with Crippen LogP contribution in [0.5, 0.6) is 0 Å². The van der Waals surface area contributed by atoms with Crippen molar-refractivity contribution in [2.75, 3.05) is 13.2 Å². The molecule has 0 fully saturated rings. The predicted molar refractivity (Wildman–Crippen MR) is 60.1 cm³/mol. The van der Waals surface area contributed by atoms with Crippen LogP contribution in [0.4, 0.5) is 0 Å². The molecule has 0 atom stereocenters. The van der Waals surface area contributed by atoms with Crippen molar-refractivity contribution in [3.63, 3.8) is 0 Å². The fourth-order valence-corrected chi connectivity index (χ4v) is 1.69. The van der Waals surface area contributed by atoms with Crippen LogP contribution >= 0.6 is 11.3 Å². The molecule has 1 amide bonds. The number of esters is 1. The average Bonchev–Trinajstić information content (AvgIpc) is 2.70. The summed E-state index contributed by atoms with van der Waals surface area (Å²) in [6.45, 7) is 2.49. The van der Waals surface area contributed by atoms with Crippen LogP contribution in [-0.2, 0) is 20.7 Å². The molecule has 16 heavy (non-hydrogen) atoms. The van der Waals surface area contributed by atoms with Crippen molar-refractivity contribution < 1.29 is 14.3 Å². The second kappa shape index (κ2) is 6.95. The molecule has 1 rings (SSSR count). The van der Waals surface area contributed by atoms with E-state index in [-0.39, 0.29) is 12.3 Å². The number of ether oxygens (including phenoxy) is 1. The molecule has 0 bridgehead atoms. The number of hydrogen-bond donors (Lipinski definition) is 1. The van der Waals surface area contributed by atoms with Gasteiger partial charge in [0, 0.05) is 18.3 Å². The van der Waals surface area contributed by atoms with Gasteiger partial charge in [0.15, 0.2) is 0 Å². The van der Waals surface area contributed by atoms with Crippen molar-refractivity contribution in [2.24, 2.45) is 0 Å². The van der Waals surface area contributed by atoms with Crippen LogP contribution in [-0.4, -0.2) is 30.0 Å². The monoisotopic (exact) mass is 242 g/mol. The Kier molecular flexibility index (Phi) is 5.49. The fourth-order valence-electron chi connectivity index (χ4n) is 1.10. The summed E-state index contributed by atoms with van der Waals surface area (Å²) in [6.07, 6.45) is 0.461. The Balaban J connectivity index is 2.13. The number of nitrogens with one attached hydrogen (secondary N) is 1. The van der Waals surface area contributed by atoms with Gasteiger partial charge in [0.2, 0.25) is 5.91 Å². The lowest BCUT2D eigenvalue weighted by Gasteiger charge is -2.03. The summed E-state index contributed by atoms with van der Waals surface area (Å²) in [4.78, 5) is 26.3. The molecule has 6 heteroatoms. The highest BCUT2D eigenvalue weighted by Gasteiger charge is 2.09. The van der Waals surface area contributed by atoms with E-state index < -0.39 is 5.97 Å². The van der Waals surface area contributed by atoms with Crippen molar-refractivity contribution in [1.29, 1.82) is 0 Å². The molecule has 88 valence electrons. The molecule has 1 aromatic heterocycles. The van der Waals surface area contributed by atoms with Gasteiger partial charge in [-0.2, -0.15) is 0 Å². The van der Waals surface area contributed by atoms with Crippen molar-refractivity contribution in [2.45, 2.75) is 19.8 Å². The highest BCUT2D eigenvalue weighted by Crippen LogP contribution is 2.00. The van der Waals surface area contributed by atoms with Gasteiger partial charge < -0.3 is 10.1 Å². The first-order valence-corrected chi connectivity index (χ1v) is 5.96. The molecule has 0 saturated carbocycles. The van der Waals surface area contributed by atoms with Crippen LogP contribution in [0.2, 0.25) is 0 Å². The van der Waals surface area contributed by atoms with Crippen molar-refractivity contribution in [1.82, 2.24) is 10.3 Å². The normalized spacial score (nSPS) is 9.81. The minimum atomic E-state index is -0.492. The maximum Gasteiger partial charge on any atom is 0.315 e. The summed E-state index contributed by atoms with van der Waals surface area (Å²) in [6, 6.07) is 0. The van der Waals surface area contributed by atoms with Crippen LogP contribution in [0.1, 0.15) is 19.0 Å². The largest absolute Gasteiger partial charge is 0.466 e. The molecule has 0 aliphatic rings. The summed E-state index contributed by atoms with van der Waals surface area (Å²) in [5.41, 5.74) is 2.69. The molecular formula is C10H14N2O3S. The Morgan fingerprint density at radius 3 is 3.00 bits per heavy atom. The van der Waals surface area contributed by atoms with E-state index in [1.807, 2.05) is 5.38 Å². The number of amides is 1. The lowest BCUT2D eigenvalue weighted by atomic mass is 10.3. The molecule has 0 radical (unpaired) electrons. The van der Waals surface area contributed by atoms with E-state index in [0.717, 1.165) is 5.69 Å². The Hall–Kier alpha value is -1.43. The average molecular weight is 242 g/mol. The number of thiazole rings is 1. The van der Waals surface area contributed by atoms with E-state index in [4.69, 9.17) is 0 Å². The predicted octanol–water partition coefficient (Wildman–Crippen LogP) is 0.755. The smallest absolute Gasteiger partial charge is 0.315 e. The zero-order valence-corrected chi connectivity index (χ0v) is 9.88. The van der Waals surface area contributed by atoms with Gasteiger partial charge in [-0.1, -0.05) is 0 Å². The van der Waals surface area contributed by atoms with Crippen LogP contribution in [0.25, 0.3) is 0 Å². The van der Waals surface area contributed by atoms with Crippen LogP contribution in [0.3, 0.4) is 0 Å². The molecule has 0 spiro atoms. The maximum absolute atomic E-state index is 11.2. The van der Waals surface area contributed by atoms with Gasteiger partial charge in [0.1, 0.15) is 6.42 Å². The third-order valence-electron chi connectivity index (χ3n) is 1.80. The Labute approximate surface area is 97.8 Å². The molecule has 0 aliphatic carbocycles. The van der Waals surface area contributed by atoms with E-state index in [2.05, 4.69) is 15.0 Å². The first-order valence-electron chi connectivity index (χ1n) is 5.01. The Bertz CT molecular complexity index is 338. The summed E-state index contributed by atoms with van der Waals surface area (Å²) in [5.74, 6) is -0.803. The maximum atomic E-state index is 11.2. The van der Waals surface area contributed by atoms with E-state index in [0.29, 0.717) is 19.6 Å². The number of rotatable bonds is 6. The van der Waals surface area contributed by atoms with Crippen LogP contribution < -0.4 is 5.32 Å². The van der Waals surface area contributed by atoms with Gasteiger partial charge in [0.25, 0.3) is 0 Å². The van der Waals surface area contributed by atoms with E-state index in [1.165, 1.54) is 11.3 Å². The Morgan fingerprint density at radius 2 is 2.38 bits per heavy atom. The molecule has 0 saturated heterocycles. The van der Waals surface area contributed by atoms with E-state index in [1.54, 1.807) is 12.4 Å². The third-order valence-corrected chi connectivity index (χ3v) is 2.43. The molecule has 0 unspecified atom stereocenters. The lowest BCUT2D eigenvalue weighted by Crippen LogP contribution is -2.28. The van der Waals surface area contributed by atoms with Gasteiger partial charge in [0.05, 0.1) is 17.8 Å². The number of carbonyl (C=O) groups excluding carboxylic acids is 2. The second-order valence-corrected chi connectivity index (χ2v) is 3.78. The van der Waals surface area contributed by atoms with E-state index >= 15 is 0 Å². The fraction of sp³-hybridized carbons (Fsp3) is 0.500. The minimum Gasteiger partial charge on any atom is -0.466 e. The molecule has 0 aromatic carbocycles. The standard InChI is InChI=1S/C10H14N2O3S/c1-2-15-10(14)5-9(13)11-4-3-8-6-16-7-12-8/h6-7H,2-5H2,1H3,(H,11,13). The third kappa shape index (κ3) is 4.88. The zero-order chi connectivity index (χ0) is 11.8. The van der Waals surface area contributed by atoms with Crippen molar-refractivity contribution in [3.8, 4) is 0 Å². The number of carbonyl (C=O) groups is 2. The van der Waals surface area contributed by atoms with Gasteiger partial charge in [-0.3, -0.25) is 9.59 Å². The summed E-state index contributed by atoms with van der Waals surface area (Å²) >= 11 is 1.52. The van der Waals surface area contributed by atoms with Crippen molar-refractivity contribution >= 4 is 23.2 Å². The highest BCUT2D eigenvalue weighted by molar-refractivity contribution is 7.07. The molecule has 5 nitrogen and oxygen atoms in total. The number of hydrogen-bond acceptors (Lipinski definition) is 5. The topological polar surface area (TPSA) is 68.3 Å². The Morgan fingerprint density at radius 1 is 1.56 bits per heavy atom. The highest BCUT2D eigenvalue weighted by atomic mass is 32.1. The second-order valence-electron chi connectivity index (χ2n) is 3.06. The van der Waals surface area contributed by atoms with Crippen LogP contribution in [0, 0.1) is 0 Å². The summed E-state index contributed by atoms with van der Waals surface area (Å²) in [5, 5.41) is 4.56. The van der Waals surface area contributed by atoms with Gasteiger partial charge in [-0.05, 0) is 6.92 Å².